The summed E-state index contributed by atoms with van der Waals surface area (Å²) in [5, 5.41) is 11.7. The van der Waals surface area contributed by atoms with Crippen LogP contribution in [-0.2, 0) is 4.79 Å². The summed E-state index contributed by atoms with van der Waals surface area (Å²) in [4.78, 5) is 30.7. The van der Waals surface area contributed by atoms with Gasteiger partial charge in [0.1, 0.15) is 0 Å². The Labute approximate surface area is 154 Å². The minimum Gasteiger partial charge on any atom is -0.342 e. The number of nitrogens with one attached hydrogen (secondary N) is 1. The Morgan fingerprint density at radius 1 is 0.923 bits per heavy atom. The van der Waals surface area contributed by atoms with Crippen molar-refractivity contribution in [2.75, 3.05) is 51.1 Å². The second kappa shape index (κ2) is 8.68. The van der Waals surface area contributed by atoms with Gasteiger partial charge in [-0.1, -0.05) is 0 Å². The van der Waals surface area contributed by atoms with E-state index in [0.29, 0.717) is 37.4 Å². The Hall–Kier alpha value is -2.59. The summed E-state index contributed by atoms with van der Waals surface area (Å²) in [5.74, 6) is 0.206. The number of benzene rings is 1. The van der Waals surface area contributed by atoms with Crippen LogP contribution in [0.15, 0.2) is 24.3 Å². The first-order valence-corrected chi connectivity index (χ1v) is 9.22. The minimum absolute atomic E-state index is 0.137. The summed E-state index contributed by atoms with van der Waals surface area (Å²) in [6.07, 6.45) is 3.07. The summed E-state index contributed by atoms with van der Waals surface area (Å²) >= 11 is 0. The number of anilines is 1. The number of likely N-dealkylation sites (tertiary alicyclic amines) is 1. The molecule has 0 atom stereocenters. The first kappa shape index (κ1) is 18.2. The third-order valence-electron chi connectivity index (χ3n) is 4.96. The Morgan fingerprint density at radius 2 is 1.62 bits per heavy atom. The Bertz CT molecular complexity index is 676. The van der Waals surface area contributed by atoms with E-state index >= 15 is 0 Å². The van der Waals surface area contributed by atoms with Crippen LogP contribution in [0.5, 0.6) is 0 Å². The van der Waals surface area contributed by atoms with E-state index in [9.17, 15) is 9.59 Å². The SMILES string of the molecule is N#Cc1ccc(NC(=O)N2CCCN(CC(=O)N3CCCC3)CC2)cc1. The number of hydrogen-bond donors (Lipinski definition) is 1. The highest BCUT2D eigenvalue weighted by Crippen LogP contribution is 2.12. The Kier molecular flexibility index (Phi) is 6.08. The fourth-order valence-electron chi connectivity index (χ4n) is 3.42. The molecule has 1 aromatic carbocycles. The molecule has 0 aliphatic carbocycles. The van der Waals surface area contributed by atoms with E-state index < -0.39 is 0 Å². The van der Waals surface area contributed by atoms with Gasteiger partial charge in [0.05, 0.1) is 18.2 Å². The highest BCUT2D eigenvalue weighted by molar-refractivity contribution is 5.89. The maximum Gasteiger partial charge on any atom is 0.321 e. The standard InChI is InChI=1S/C19H25N5O2/c20-14-16-4-6-17(7-5-16)21-19(26)24-11-3-8-22(12-13-24)15-18(25)23-9-1-2-10-23/h4-7H,1-3,8-13,15H2,(H,21,26). The van der Waals surface area contributed by atoms with Crippen molar-refractivity contribution in [2.24, 2.45) is 0 Å². The molecule has 2 fully saturated rings. The fraction of sp³-hybridized carbons (Fsp3) is 0.526. The highest BCUT2D eigenvalue weighted by atomic mass is 16.2. The molecule has 1 aromatic rings. The maximum absolute atomic E-state index is 12.5. The zero-order valence-corrected chi connectivity index (χ0v) is 15.0. The average molecular weight is 355 g/mol. The highest BCUT2D eigenvalue weighted by Gasteiger charge is 2.23. The molecular formula is C19H25N5O2. The van der Waals surface area contributed by atoms with Crippen molar-refractivity contribution in [3.05, 3.63) is 29.8 Å². The summed E-state index contributed by atoms with van der Waals surface area (Å²) in [5.41, 5.74) is 1.25. The minimum atomic E-state index is -0.137. The third-order valence-corrected chi connectivity index (χ3v) is 4.96. The van der Waals surface area contributed by atoms with Gasteiger partial charge >= 0.3 is 6.03 Å². The zero-order valence-electron chi connectivity index (χ0n) is 15.0. The van der Waals surface area contributed by atoms with Crippen LogP contribution in [0.1, 0.15) is 24.8 Å². The molecule has 3 rings (SSSR count). The second-order valence-electron chi connectivity index (χ2n) is 6.82. The van der Waals surface area contributed by atoms with E-state index in [2.05, 4.69) is 16.3 Å². The maximum atomic E-state index is 12.5. The largest absolute Gasteiger partial charge is 0.342 e. The van der Waals surface area contributed by atoms with Gasteiger partial charge in [0.25, 0.3) is 0 Å². The van der Waals surface area contributed by atoms with Crippen molar-refractivity contribution in [1.82, 2.24) is 14.7 Å². The molecule has 1 N–H and O–H groups in total. The van der Waals surface area contributed by atoms with Crippen LogP contribution in [0.25, 0.3) is 0 Å². The third kappa shape index (κ3) is 4.73. The van der Waals surface area contributed by atoms with Crippen molar-refractivity contribution >= 4 is 17.6 Å². The van der Waals surface area contributed by atoms with E-state index in [-0.39, 0.29) is 11.9 Å². The molecule has 2 aliphatic heterocycles. The molecule has 0 saturated carbocycles. The van der Waals surface area contributed by atoms with E-state index in [1.807, 2.05) is 4.90 Å². The monoisotopic (exact) mass is 355 g/mol. The molecular weight excluding hydrogens is 330 g/mol. The van der Waals surface area contributed by atoms with E-state index in [1.54, 1.807) is 29.2 Å². The molecule has 2 aliphatic rings. The molecule has 2 heterocycles. The normalized spacial score (nSPS) is 18.3. The Balaban J connectivity index is 1.48. The molecule has 7 heteroatoms. The van der Waals surface area contributed by atoms with Gasteiger partial charge in [-0.2, -0.15) is 5.26 Å². The molecule has 26 heavy (non-hydrogen) atoms. The number of hydrogen-bond acceptors (Lipinski definition) is 4. The molecule has 0 aromatic heterocycles. The topological polar surface area (TPSA) is 79.7 Å². The molecule has 0 radical (unpaired) electrons. The van der Waals surface area contributed by atoms with Gasteiger partial charge in [-0.05, 0) is 43.5 Å². The molecule has 0 unspecified atom stereocenters. The number of nitriles is 1. The molecule has 7 nitrogen and oxygen atoms in total. The predicted molar refractivity (Wildman–Crippen MR) is 98.6 cm³/mol. The van der Waals surface area contributed by atoms with Gasteiger partial charge in [0.2, 0.25) is 5.91 Å². The fourth-order valence-corrected chi connectivity index (χ4v) is 3.42. The summed E-state index contributed by atoms with van der Waals surface area (Å²) in [7, 11) is 0. The van der Waals surface area contributed by atoms with E-state index in [1.165, 1.54) is 0 Å². The van der Waals surface area contributed by atoms with E-state index in [0.717, 1.165) is 38.9 Å². The predicted octanol–water partition coefficient (Wildman–Crippen LogP) is 1.72. The van der Waals surface area contributed by atoms with Crippen LogP contribution in [0.4, 0.5) is 10.5 Å². The van der Waals surface area contributed by atoms with Gasteiger partial charge in [-0.3, -0.25) is 9.69 Å². The number of rotatable bonds is 3. The molecule has 138 valence electrons. The van der Waals surface area contributed by atoms with Crippen molar-refractivity contribution in [2.45, 2.75) is 19.3 Å². The average Bonchev–Trinajstić information content (AvgIpc) is 3.10. The number of urea groups is 1. The lowest BCUT2D eigenvalue weighted by Gasteiger charge is -2.24. The molecule has 0 bridgehead atoms. The molecule has 2 saturated heterocycles. The summed E-state index contributed by atoms with van der Waals surface area (Å²) in [6, 6.07) is 8.75. The molecule has 3 amide bonds. The number of carbonyl (C=O) groups is 2. The van der Waals surface area contributed by atoms with Crippen LogP contribution in [0.2, 0.25) is 0 Å². The number of nitrogens with zero attached hydrogens (tertiary/aromatic N) is 4. The van der Waals surface area contributed by atoms with Gasteiger partial charge < -0.3 is 15.1 Å². The van der Waals surface area contributed by atoms with Crippen LogP contribution in [-0.4, -0.2) is 72.5 Å². The van der Waals surface area contributed by atoms with Crippen LogP contribution in [0, 0.1) is 11.3 Å². The van der Waals surface area contributed by atoms with E-state index in [4.69, 9.17) is 5.26 Å². The van der Waals surface area contributed by atoms with Crippen LogP contribution >= 0.6 is 0 Å². The van der Waals surface area contributed by atoms with Crippen LogP contribution in [0.3, 0.4) is 0 Å². The van der Waals surface area contributed by atoms with Crippen LogP contribution < -0.4 is 5.32 Å². The smallest absolute Gasteiger partial charge is 0.321 e. The van der Waals surface area contributed by atoms with Gasteiger partial charge in [0.15, 0.2) is 0 Å². The quantitative estimate of drug-likeness (QED) is 0.895. The van der Waals surface area contributed by atoms with Gasteiger partial charge in [-0.15, -0.1) is 0 Å². The second-order valence-corrected chi connectivity index (χ2v) is 6.82. The van der Waals surface area contributed by atoms with Crippen molar-refractivity contribution < 1.29 is 9.59 Å². The Morgan fingerprint density at radius 3 is 2.31 bits per heavy atom. The first-order valence-electron chi connectivity index (χ1n) is 9.22. The summed E-state index contributed by atoms with van der Waals surface area (Å²) in [6.45, 7) is 5.04. The first-order chi connectivity index (χ1) is 12.7. The van der Waals surface area contributed by atoms with Crippen molar-refractivity contribution in [1.29, 1.82) is 5.26 Å². The van der Waals surface area contributed by atoms with Gasteiger partial charge in [0, 0.05) is 45.0 Å². The number of carbonyl (C=O) groups excluding carboxylic acids is 2. The zero-order chi connectivity index (χ0) is 18.4. The lowest BCUT2D eigenvalue weighted by Crippen LogP contribution is -2.41. The summed E-state index contributed by atoms with van der Waals surface area (Å²) < 4.78 is 0. The lowest BCUT2D eigenvalue weighted by molar-refractivity contribution is -0.131. The number of amides is 3. The van der Waals surface area contributed by atoms with Crippen molar-refractivity contribution in [3.63, 3.8) is 0 Å². The lowest BCUT2D eigenvalue weighted by atomic mass is 10.2. The van der Waals surface area contributed by atoms with Crippen molar-refractivity contribution in [3.8, 4) is 6.07 Å². The van der Waals surface area contributed by atoms with Gasteiger partial charge in [-0.25, -0.2) is 4.79 Å². The molecule has 0 spiro atoms.